The molecule has 34 heavy (non-hydrogen) atoms. The second-order valence-corrected chi connectivity index (χ2v) is 10.9. The van der Waals surface area contributed by atoms with Gasteiger partial charge in [0.2, 0.25) is 5.91 Å². The standard InChI is InChI=1S/C26H28N4O2S2/c1-17(19-10-4-3-5-11-19)15-30-25(32)23-22(20-12-8-13-27-24(20)34-23)28-26(30)33-16-21(31)29-14-7-6-9-18(29)2/h3-5,8,10-13,17-18H,6-7,9,14-16H2,1-2H3. The highest BCUT2D eigenvalue weighted by molar-refractivity contribution is 7.99. The summed E-state index contributed by atoms with van der Waals surface area (Å²) in [5.41, 5.74) is 1.79. The van der Waals surface area contributed by atoms with E-state index in [9.17, 15) is 9.59 Å². The van der Waals surface area contributed by atoms with E-state index in [1.54, 1.807) is 10.8 Å². The third kappa shape index (κ3) is 4.49. The molecule has 6 nitrogen and oxygen atoms in total. The fraction of sp³-hybridized carbons (Fsp3) is 0.385. The minimum atomic E-state index is -0.0583. The Balaban J connectivity index is 1.52. The minimum Gasteiger partial charge on any atom is -0.339 e. The van der Waals surface area contributed by atoms with Gasteiger partial charge in [0.05, 0.1) is 11.3 Å². The normalized spacial score (nSPS) is 17.4. The van der Waals surface area contributed by atoms with Gasteiger partial charge in [-0.2, -0.15) is 0 Å². The molecule has 0 bridgehead atoms. The molecule has 0 spiro atoms. The number of benzene rings is 1. The lowest BCUT2D eigenvalue weighted by atomic mass is 10.0. The van der Waals surface area contributed by atoms with Crippen LogP contribution in [0.5, 0.6) is 0 Å². The number of pyridine rings is 1. The molecule has 0 radical (unpaired) electrons. The third-order valence-corrected chi connectivity index (χ3v) is 8.64. The van der Waals surface area contributed by atoms with Crippen molar-refractivity contribution in [3.8, 4) is 0 Å². The molecule has 3 aromatic heterocycles. The zero-order valence-electron chi connectivity index (χ0n) is 19.4. The predicted octanol–water partition coefficient (Wildman–Crippen LogP) is 5.30. The second-order valence-electron chi connectivity index (χ2n) is 8.98. The first-order valence-corrected chi connectivity index (χ1v) is 13.6. The Morgan fingerprint density at radius 3 is 2.82 bits per heavy atom. The number of hydrogen-bond donors (Lipinski definition) is 0. The fourth-order valence-electron chi connectivity index (χ4n) is 4.65. The number of piperidine rings is 1. The first-order valence-electron chi connectivity index (χ1n) is 11.8. The summed E-state index contributed by atoms with van der Waals surface area (Å²) in [6.45, 7) is 5.55. The molecular weight excluding hydrogens is 464 g/mol. The fourth-order valence-corrected chi connectivity index (χ4v) is 6.57. The molecule has 2 atom stereocenters. The third-order valence-electron chi connectivity index (χ3n) is 6.59. The smallest absolute Gasteiger partial charge is 0.272 e. The molecule has 0 N–H and O–H groups in total. The highest BCUT2D eigenvalue weighted by atomic mass is 32.2. The van der Waals surface area contributed by atoms with E-state index in [0.29, 0.717) is 21.9 Å². The molecule has 1 aliphatic heterocycles. The van der Waals surface area contributed by atoms with Crippen molar-refractivity contribution in [2.75, 3.05) is 12.3 Å². The van der Waals surface area contributed by atoms with Crippen LogP contribution in [0.25, 0.3) is 20.4 Å². The minimum absolute atomic E-state index is 0.0583. The molecular formula is C26H28N4O2S2. The van der Waals surface area contributed by atoms with Crippen LogP contribution in [0.3, 0.4) is 0 Å². The summed E-state index contributed by atoms with van der Waals surface area (Å²) in [6, 6.07) is 14.3. The molecule has 5 rings (SSSR count). The number of thiophene rings is 1. The maximum absolute atomic E-state index is 13.7. The van der Waals surface area contributed by atoms with Gasteiger partial charge in [-0.3, -0.25) is 14.2 Å². The SMILES string of the molecule is CC(Cn1c(SCC(=O)N2CCCCC2C)nc2c(sc3ncccc32)c1=O)c1ccccc1. The Morgan fingerprint density at radius 1 is 1.21 bits per heavy atom. The number of rotatable bonds is 6. The van der Waals surface area contributed by atoms with E-state index < -0.39 is 0 Å². The maximum atomic E-state index is 13.7. The molecule has 1 saturated heterocycles. The Morgan fingerprint density at radius 2 is 2.03 bits per heavy atom. The van der Waals surface area contributed by atoms with E-state index in [4.69, 9.17) is 4.98 Å². The molecule has 0 saturated carbocycles. The summed E-state index contributed by atoms with van der Waals surface area (Å²) in [6.07, 6.45) is 5.01. The van der Waals surface area contributed by atoms with Gasteiger partial charge in [-0.1, -0.05) is 49.0 Å². The van der Waals surface area contributed by atoms with Crippen molar-refractivity contribution in [1.29, 1.82) is 0 Å². The number of carbonyl (C=O) groups is 1. The molecule has 0 aliphatic carbocycles. The summed E-state index contributed by atoms with van der Waals surface area (Å²) >= 11 is 2.76. The quantitative estimate of drug-likeness (QED) is 0.270. The predicted molar refractivity (Wildman–Crippen MR) is 140 cm³/mol. The van der Waals surface area contributed by atoms with Crippen LogP contribution in [-0.4, -0.2) is 43.7 Å². The van der Waals surface area contributed by atoms with Crippen molar-refractivity contribution in [2.45, 2.75) is 56.8 Å². The van der Waals surface area contributed by atoms with Crippen LogP contribution in [0, 0.1) is 0 Å². The number of fused-ring (bicyclic) bond motifs is 3. The van der Waals surface area contributed by atoms with E-state index in [1.807, 2.05) is 35.2 Å². The average molecular weight is 493 g/mol. The zero-order valence-corrected chi connectivity index (χ0v) is 21.1. The van der Waals surface area contributed by atoms with Gasteiger partial charge in [-0.15, -0.1) is 11.3 Å². The van der Waals surface area contributed by atoms with Crippen LogP contribution in [0.15, 0.2) is 58.6 Å². The van der Waals surface area contributed by atoms with Crippen LogP contribution < -0.4 is 5.56 Å². The first-order chi connectivity index (χ1) is 16.5. The van der Waals surface area contributed by atoms with E-state index >= 15 is 0 Å². The highest BCUT2D eigenvalue weighted by Gasteiger charge is 2.25. The van der Waals surface area contributed by atoms with Gasteiger partial charge in [0.15, 0.2) is 5.16 Å². The van der Waals surface area contributed by atoms with Gasteiger partial charge in [-0.05, 0) is 49.8 Å². The molecule has 1 aromatic carbocycles. The summed E-state index contributed by atoms with van der Waals surface area (Å²) in [5.74, 6) is 0.524. The van der Waals surface area contributed by atoms with Crippen LogP contribution >= 0.6 is 23.1 Å². The Kier molecular flexibility index (Phi) is 6.70. The first kappa shape index (κ1) is 23.1. The van der Waals surface area contributed by atoms with Gasteiger partial charge in [0, 0.05) is 30.7 Å². The van der Waals surface area contributed by atoms with Crippen LogP contribution in [0.4, 0.5) is 0 Å². The summed E-state index contributed by atoms with van der Waals surface area (Å²) in [5, 5.41) is 1.49. The Hall–Kier alpha value is -2.71. The number of thioether (sulfide) groups is 1. The van der Waals surface area contributed by atoms with Crippen LogP contribution in [0.2, 0.25) is 0 Å². The van der Waals surface area contributed by atoms with E-state index in [1.165, 1.54) is 35.1 Å². The Bertz CT molecular complexity index is 1380. The highest BCUT2D eigenvalue weighted by Crippen LogP contribution is 2.31. The number of nitrogens with zero attached hydrogens (tertiary/aromatic N) is 4. The van der Waals surface area contributed by atoms with Crippen molar-refractivity contribution in [1.82, 2.24) is 19.4 Å². The molecule has 8 heteroatoms. The second kappa shape index (κ2) is 9.88. The number of carbonyl (C=O) groups excluding carboxylic acids is 1. The van der Waals surface area contributed by atoms with Gasteiger partial charge in [0.25, 0.3) is 5.56 Å². The van der Waals surface area contributed by atoms with E-state index in [2.05, 4.69) is 31.0 Å². The zero-order chi connectivity index (χ0) is 23.7. The Labute approximate surface area is 207 Å². The molecule has 4 aromatic rings. The number of amides is 1. The lowest BCUT2D eigenvalue weighted by Crippen LogP contribution is -2.43. The maximum Gasteiger partial charge on any atom is 0.272 e. The molecule has 4 heterocycles. The van der Waals surface area contributed by atoms with E-state index in [0.717, 1.165) is 29.6 Å². The molecule has 1 aliphatic rings. The lowest BCUT2D eigenvalue weighted by Gasteiger charge is -2.33. The van der Waals surface area contributed by atoms with E-state index in [-0.39, 0.29) is 29.2 Å². The largest absolute Gasteiger partial charge is 0.339 e. The van der Waals surface area contributed by atoms with Crippen LogP contribution in [0.1, 0.15) is 44.6 Å². The molecule has 1 amide bonds. The van der Waals surface area contributed by atoms with Crippen molar-refractivity contribution in [2.24, 2.45) is 0 Å². The lowest BCUT2D eigenvalue weighted by molar-refractivity contribution is -0.131. The number of hydrogen-bond acceptors (Lipinski definition) is 6. The number of likely N-dealkylation sites (tertiary alicyclic amines) is 1. The van der Waals surface area contributed by atoms with Gasteiger partial charge in [0.1, 0.15) is 9.53 Å². The average Bonchev–Trinajstić information content (AvgIpc) is 3.24. The molecule has 176 valence electrons. The summed E-state index contributed by atoms with van der Waals surface area (Å²) < 4.78 is 2.38. The topological polar surface area (TPSA) is 68.1 Å². The van der Waals surface area contributed by atoms with Crippen molar-refractivity contribution >= 4 is 49.4 Å². The van der Waals surface area contributed by atoms with Crippen molar-refractivity contribution in [3.63, 3.8) is 0 Å². The van der Waals surface area contributed by atoms with Crippen LogP contribution in [-0.2, 0) is 11.3 Å². The summed E-state index contributed by atoms with van der Waals surface area (Å²) in [7, 11) is 0. The molecule has 1 fully saturated rings. The van der Waals surface area contributed by atoms with Gasteiger partial charge < -0.3 is 4.90 Å². The van der Waals surface area contributed by atoms with Crippen molar-refractivity contribution in [3.05, 3.63) is 64.6 Å². The van der Waals surface area contributed by atoms with Gasteiger partial charge in [-0.25, -0.2) is 9.97 Å². The number of aromatic nitrogens is 3. The van der Waals surface area contributed by atoms with Crippen molar-refractivity contribution < 1.29 is 4.79 Å². The monoisotopic (exact) mass is 492 g/mol. The summed E-state index contributed by atoms with van der Waals surface area (Å²) in [4.78, 5) is 38.9. The van der Waals surface area contributed by atoms with Gasteiger partial charge >= 0.3 is 0 Å². The molecule has 2 unspecified atom stereocenters.